The predicted octanol–water partition coefficient (Wildman–Crippen LogP) is 1.53. The normalized spacial score (nSPS) is 17.0. The van der Waals surface area contributed by atoms with Crippen molar-refractivity contribution in [2.24, 2.45) is 5.92 Å². The third kappa shape index (κ3) is 4.14. The molecule has 4 rings (SSSR count). The van der Waals surface area contributed by atoms with Gasteiger partial charge in [0.15, 0.2) is 11.5 Å². The molecule has 2 aliphatic heterocycles. The Labute approximate surface area is 172 Å². The molecule has 1 saturated heterocycles. The van der Waals surface area contributed by atoms with Crippen molar-refractivity contribution in [2.45, 2.75) is 6.42 Å². The number of fused-ring (bicyclic) bond motifs is 1. The van der Waals surface area contributed by atoms with Crippen LogP contribution in [-0.4, -0.2) is 44.7 Å². The third-order valence-corrected chi connectivity index (χ3v) is 4.96. The number of ether oxygens (including phenoxy) is 3. The zero-order valence-corrected chi connectivity index (χ0v) is 16.3. The average Bonchev–Trinajstić information content (AvgIpc) is 3.38. The van der Waals surface area contributed by atoms with Crippen LogP contribution >= 0.6 is 0 Å². The number of carbonyl (C=O) groups excluding carboxylic acids is 3. The Hall–Kier alpha value is -3.75. The molecule has 30 heavy (non-hydrogen) atoms. The van der Waals surface area contributed by atoms with Gasteiger partial charge in [0, 0.05) is 30.4 Å². The minimum Gasteiger partial charge on any atom is -0.497 e. The molecular weight excluding hydrogens is 390 g/mol. The van der Waals surface area contributed by atoms with E-state index in [1.807, 2.05) is 0 Å². The topological polar surface area (TPSA) is 106 Å². The first kappa shape index (κ1) is 19.6. The van der Waals surface area contributed by atoms with Gasteiger partial charge >= 0.3 is 0 Å². The number of carbonyl (C=O) groups is 3. The quantitative estimate of drug-likeness (QED) is 0.747. The lowest BCUT2D eigenvalue weighted by atomic mass is 10.1. The molecule has 2 N–H and O–H groups in total. The van der Waals surface area contributed by atoms with E-state index in [1.165, 1.54) is 0 Å². The molecule has 3 amide bonds. The molecule has 2 aromatic rings. The van der Waals surface area contributed by atoms with Crippen molar-refractivity contribution in [3.8, 4) is 17.2 Å². The van der Waals surface area contributed by atoms with Crippen molar-refractivity contribution >= 4 is 29.1 Å². The second-order valence-corrected chi connectivity index (χ2v) is 6.94. The van der Waals surface area contributed by atoms with Gasteiger partial charge in [-0.3, -0.25) is 14.4 Å². The second kappa shape index (κ2) is 8.32. The van der Waals surface area contributed by atoms with Gasteiger partial charge in [-0.05, 0) is 36.4 Å². The van der Waals surface area contributed by atoms with E-state index in [2.05, 4.69) is 10.6 Å². The molecule has 0 spiro atoms. The Balaban J connectivity index is 1.28. The standard InChI is InChI=1S/C21H21N3O6/c1-28-16-5-3-15(4-6-16)24-11-13(8-20(24)26)21(27)22-10-19(25)23-14-2-7-17-18(9-14)30-12-29-17/h2-7,9,13H,8,10-12H2,1H3,(H,22,27)(H,23,25). The van der Waals surface area contributed by atoms with Crippen molar-refractivity contribution in [3.05, 3.63) is 42.5 Å². The molecule has 2 aliphatic rings. The summed E-state index contributed by atoms with van der Waals surface area (Å²) < 4.78 is 15.6. The van der Waals surface area contributed by atoms with Gasteiger partial charge in [0.2, 0.25) is 24.5 Å². The van der Waals surface area contributed by atoms with Crippen LogP contribution in [-0.2, 0) is 14.4 Å². The molecule has 156 valence electrons. The number of hydrogen-bond donors (Lipinski definition) is 2. The lowest BCUT2D eigenvalue weighted by Crippen LogP contribution is -2.37. The molecule has 1 fully saturated rings. The van der Waals surface area contributed by atoms with Crippen LogP contribution in [0.2, 0.25) is 0 Å². The fourth-order valence-corrected chi connectivity index (χ4v) is 3.39. The number of amides is 3. The van der Waals surface area contributed by atoms with Gasteiger partial charge in [0.25, 0.3) is 0 Å². The summed E-state index contributed by atoms with van der Waals surface area (Å²) in [7, 11) is 1.57. The third-order valence-electron chi connectivity index (χ3n) is 4.96. The first-order valence-electron chi connectivity index (χ1n) is 9.45. The van der Waals surface area contributed by atoms with E-state index in [0.29, 0.717) is 28.6 Å². The summed E-state index contributed by atoms with van der Waals surface area (Å²) in [5, 5.41) is 5.30. The van der Waals surface area contributed by atoms with E-state index in [-0.39, 0.29) is 44.0 Å². The Morgan fingerprint density at radius 1 is 1.13 bits per heavy atom. The van der Waals surface area contributed by atoms with E-state index in [1.54, 1.807) is 54.5 Å². The van der Waals surface area contributed by atoms with Crippen LogP contribution in [0.3, 0.4) is 0 Å². The highest BCUT2D eigenvalue weighted by molar-refractivity contribution is 6.01. The molecule has 0 saturated carbocycles. The molecule has 1 unspecified atom stereocenters. The minimum atomic E-state index is -0.516. The van der Waals surface area contributed by atoms with Gasteiger partial charge in [0.05, 0.1) is 19.6 Å². The predicted molar refractivity (Wildman–Crippen MR) is 108 cm³/mol. The highest BCUT2D eigenvalue weighted by Crippen LogP contribution is 2.34. The van der Waals surface area contributed by atoms with Gasteiger partial charge in [-0.1, -0.05) is 0 Å². The smallest absolute Gasteiger partial charge is 0.243 e. The fraction of sp³-hybridized carbons (Fsp3) is 0.286. The fourth-order valence-electron chi connectivity index (χ4n) is 3.39. The molecule has 9 heteroatoms. The number of benzene rings is 2. The molecule has 0 radical (unpaired) electrons. The highest BCUT2D eigenvalue weighted by atomic mass is 16.7. The minimum absolute atomic E-state index is 0.0989. The molecular formula is C21H21N3O6. The molecule has 0 aliphatic carbocycles. The summed E-state index contributed by atoms with van der Waals surface area (Å²) in [6.45, 7) is 0.220. The summed E-state index contributed by atoms with van der Waals surface area (Å²) in [6, 6.07) is 12.1. The molecule has 0 bridgehead atoms. The van der Waals surface area contributed by atoms with Crippen LogP contribution < -0.4 is 29.7 Å². The van der Waals surface area contributed by atoms with Crippen molar-refractivity contribution in [1.82, 2.24) is 5.32 Å². The van der Waals surface area contributed by atoms with Gasteiger partial charge in [-0.2, -0.15) is 0 Å². The van der Waals surface area contributed by atoms with E-state index < -0.39 is 5.92 Å². The maximum Gasteiger partial charge on any atom is 0.243 e. The SMILES string of the molecule is COc1ccc(N2CC(C(=O)NCC(=O)Nc3ccc4c(c3)OCO4)CC2=O)cc1. The lowest BCUT2D eigenvalue weighted by molar-refractivity contribution is -0.127. The first-order chi connectivity index (χ1) is 14.5. The maximum atomic E-state index is 12.5. The number of methoxy groups -OCH3 is 1. The van der Waals surface area contributed by atoms with Gasteiger partial charge < -0.3 is 29.7 Å². The molecule has 2 heterocycles. The summed E-state index contributed by atoms with van der Waals surface area (Å²) in [4.78, 5) is 38.5. The van der Waals surface area contributed by atoms with E-state index >= 15 is 0 Å². The van der Waals surface area contributed by atoms with E-state index in [4.69, 9.17) is 14.2 Å². The van der Waals surface area contributed by atoms with Crippen LogP contribution in [0.5, 0.6) is 17.2 Å². The molecule has 9 nitrogen and oxygen atoms in total. The summed E-state index contributed by atoms with van der Waals surface area (Å²) >= 11 is 0. The number of anilines is 2. The van der Waals surface area contributed by atoms with Crippen LogP contribution in [0.1, 0.15) is 6.42 Å². The van der Waals surface area contributed by atoms with E-state index in [9.17, 15) is 14.4 Å². The Bertz CT molecular complexity index is 975. The molecule has 1 atom stereocenters. The van der Waals surface area contributed by atoms with Gasteiger partial charge in [-0.25, -0.2) is 0 Å². The number of nitrogens with one attached hydrogen (secondary N) is 2. The molecule has 0 aromatic heterocycles. The monoisotopic (exact) mass is 411 g/mol. The largest absolute Gasteiger partial charge is 0.497 e. The first-order valence-corrected chi connectivity index (χ1v) is 9.45. The van der Waals surface area contributed by atoms with Crippen molar-refractivity contribution < 1.29 is 28.6 Å². The Kier molecular flexibility index (Phi) is 5.42. The van der Waals surface area contributed by atoms with Gasteiger partial charge in [-0.15, -0.1) is 0 Å². The second-order valence-electron chi connectivity index (χ2n) is 6.94. The number of nitrogens with zero attached hydrogens (tertiary/aromatic N) is 1. The van der Waals surface area contributed by atoms with Crippen molar-refractivity contribution in [2.75, 3.05) is 37.2 Å². The zero-order chi connectivity index (χ0) is 21.1. The summed E-state index contributed by atoms with van der Waals surface area (Å²) in [5.74, 6) is 0.503. The number of hydrogen-bond acceptors (Lipinski definition) is 6. The van der Waals surface area contributed by atoms with Crippen molar-refractivity contribution in [3.63, 3.8) is 0 Å². The van der Waals surface area contributed by atoms with Gasteiger partial charge in [0.1, 0.15) is 5.75 Å². The van der Waals surface area contributed by atoms with Crippen LogP contribution in [0, 0.1) is 5.92 Å². The molecule has 2 aromatic carbocycles. The average molecular weight is 411 g/mol. The van der Waals surface area contributed by atoms with Crippen LogP contribution in [0.25, 0.3) is 0 Å². The van der Waals surface area contributed by atoms with Crippen LogP contribution in [0.15, 0.2) is 42.5 Å². The maximum absolute atomic E-state index is 12.5. The Morgan fingerprint density at radius 3 is 2.67 bits per heavy atom. The van der Waals surface area contributed by atoms with Crippen LogP contribution in [0.4, 0.5) is 11.4 Å². The summed E-state index contributed by atoms with van der Waals surface area (Å²) in [5.41, 5.74) is 1.25. The van der Waals surface area contributed by atoms with Crippen molar-refractivity contribution in [1.29, 1.82) is 0 Å². The number of rotatable bonds is 6. The zero-order valence-electron chi connectivity index (χ0n) is 16.3. The Morgan fingerprint density at radius 2 is 1.90 bits per heavy atom. The summed E-state index contributed by atoms with van der Waals surface area (Å²) in [6.07, 6.45) is 0.0989. The highest BCUT2D eigenvalue weighted by Gasteiger charge is 2.35. The van der Waals surface area contributed by atoms with E-state index in [0.717, 1.165) is 0 Å². The lowest BCUT2D eigenvalue weighted by Gasteiger charge is -2.17.